The van der Waals surface area contributed by atoms with E-state index < -0.39 is 22.0 Å². The summed E-state index contributed by atoms with van der Waals surface area (Å²) in [4.78, 5) is 13.1. The van der Waals surface area contributed by atoms with Gasteiger partial charge in [0.05, 0.1) is 23.8 Å². The van der Waals surface area contributed by atoms with Crippen LogP contribution >= 0.6 is 0 Å². The van der Waals surface area contributed by atoms with Crippen molar-refractivity contribution in [2.24, 2.45) is 22.7 Å². The van der Waals surface area contributed by atoms with E-state index in [2.05, 4.69) is 13.8 Å². The molecule has 136 valence electrons. The number of carbonyl (C=O) groups is 1. The van der Waals surface area contributed by atoms with Gasteiger partial charge in [-0.3, -0.25) is 4.79 Å². The molecule has 6 heteroatoms. The van der Waals surface area contributed by atoms with Crippen LogP contribution in [0.1, 0.15) is 47.0 Å². The maximum Gasteiger partial charge on any atom is 0.242 e. The number of sulfonamides is 1. The Morgan fingerprint density at radius 3 is 2.58 bits per heavy atom. The molecule has 1 aliphatic heterocycles. The fourth-order valence-corrected chi connectivity index (χ4v) is 8.17. The summed E-state index contributed by atoms with van der Waals surface area (Å²) in [5.41, 5.74) is -0.290. The Kier molecular flexibility index (Phi) is 4.15. The molecule has 3 fully saturated rings. The van der Waals surface area contributed by atoms with E-state index in [1.165, 1.54) is 4.31 Å². The van der Waals surface area contributed by atoms with Gasteiger partial charge >= 0.3 is 0 Å². The first kappa shape index (κ1) is 17.9. The van der Waals surface area contributed by atoms with Crippen LogP contribution in [0, 0.1) is 22.7 Å². The first-order chi connectivity index (χ1) is 11.1. The van der Waals surface area contributed by atoms with Gasteiger partial charge < -0.3 is 4.74 Å². The second-order valence-corrected chi connectivity index (χ2v) is 10.1. The first-order valence-electron chi connectivity index (χ1n) is 8.84. The summed E-state index contributed by atoms with van der Waals surface area (Å²) in [5.74, 6) is -0.200. The molecular weight excluding hydrogens is 326 g/mol. The Morgan fingerprint density at radius 1 is 1.38 bits per heavy atom. The van der Waals surface area contributed by atoms with Gasteiger partial charge in [-0.15, -0.1) is 0 Å². The molecule has 1 saturated heterocycles. The van der Waals surface area contributed by atoms with Crippen LogP contribution in [0.15, 0.2) is 12.2 Å². The molecule has 5 atom stereocenters. The molecule has 3 unspecified atom stereocenters. The summed E-state index contributed by atoms with van der Waals surface area (Å²) in [6.07, 6.45) is 6.04. The molecule has 1 heterocycles. The number of ether oxygens (including phenoxy) is 1. The highest BCUT2D eigenvalue weighted by Gasteiger charge is 2.72. The fraction of sp³-hybridized carbons (Fsp3) is 0.833. The van der Waals surface area contributed by atoms with Crippen molar-refractivity contribution in [1.82, 2.24) is 4.31 Å². The van der Waals surface area contributed by atoms with Crippen molar-refractivity contribution >= 4 is 15.9 Å². The number of fused-ring (bicyclic) bond motifs is 1. The van der Waals surface area contributed by atoms with Gasteiger partial charge in [-0.05, 0) is 37.5 Å². The summed E-state index contributed by atoms with van der Waals surface area (Å²) in [7, 11) is -2.01. The zero-order valence-corrected chi connectivity index (χ0v) is 16.1. The van der Waals surface area contributed by atoms with E-state index in [0.29, 0.717) is 5.92 Å². The molecule has 5 nitrogen and oxygen atoms in total. The molecule has 0 aromatic carbocycles. The van der Waals surface area contributed by atoms with Crippen molar-refractivity contribution in [3.05, 3.63) is 12.2 Å². The monoisotopic (exact) mass is 355 g/mol. The Hall–Kier alpha value is -0.880. The lowest BCUT2D eigenvalue weighted by Crippen LogP contribution is -2.47. The summed E-state index contributed by atoms with van der Waals surface area (Å²) in [6.45, 7) is 8.00. The summed E-state index contributed by atoms with van der Waals surface area (Å²) < 4.78 is 32.4. The maximum absolute atomic E-state index is 13.1. The van der Waals surface area contributed by atoms with Crippen molar-refractivity contribution in [1.29, 1.82) is 0 Å². The number of carbonyl (C=O) groups excluding carboxylic acids is 1. The minimum absolute atomic E-state index is 0.0208. The van der Waals surface area contributed by atoms with Gasteiger partial charge in [0, 0.05) is 12.5 Å². The quantitative estimate of drug-likeness (QED) is 0.727. The lowest BCUT2D eigenvalue weighted by molar-refractivity contribution is -0.135. The highest BCUT2D eigenvalue weighted by molar-refractivity contribution is 7.90. The van der Waals surface area contributed by atoms with Crippen LogP contribution in [0.5, 0.6) is 0 Å². The van der Waals surface area contributed by atoms with Gasteiger partial charge in [-0.1, -0.05) is 32.9 Å². The summed E-state index contributed by atoms with van der Waals surface area (Å²) >= 11 is 0. The second kappa shape index (κ2) is 5.56. The third-order valence-corrected chi connectivity index (χ3v) is 9.08. The minimum atomic E-state index is -3.56. The van der Waals surface area contributed by atoms with Gasteiger partial charge in [0.15, 0.2) is 0 Å². The van der Waals surface area contributed by atoms with Gasteiger partial charge in [0.2, 0.25) is 15.9 Å². The van der Waals surface area contributed by atoms with E-state index in [9.17, 15) is 13.2 Å². The standard InChI is InChI=1S/C18H29NO4S/c1-6-7-14(23-5)12(2)16(20)19-15-10-13-8-9-18(15,17(13,3)4)11-24(19,21)22/h6-7,12-15H,8-11H2,1-5H3/t12-,13?,14-,15?,18?/m1/s1. The Labute approximate surface area is 145 Å². The Morgan fingerprint density at radius 2 is 2.04 bits per heavy atom. The minimum Gasteiger partial charge on any atom is -0.377 e. The number of amides is 1. The normalized spacial score (nSPS) is 38.5. The maximum atomic E-state index is 13.1. The fourth-order valence-electron chi connectivity index (χ4n) is 5.56. The van der Waals surface area contributed by atoms with Gasteiger partial charge in [0.25, 0.3) is 0 Å². The third-order valence-electron chi connectivity index (χ3n) is 7.16. The summed E-state index contributed by atoms with van der Waals surface area (Å²) in [6, 6.07) is -0.172. The molecule has 1 spiro atoms. The van der Waals surface area contributed by atoms with Crippen molar-refractivity contribution in [3.63, 3.8) is 0 Å². The number of hydrogen-bond acceptors (Lipinski definition) is 4. The molecule has 24 heavy (non-hydrogen) atoms. The molecule has 0 N–H and O–H groups in total. The molecule has 3 aliphatic rings. The predicted molar refractivity (Wildman–Crippen MR) is 92.8 cm³/mol. The van der Waals surface area contributed by atoms with Gasteiger partial charge in [-0.25, -0.2) is 12.7 Å². The topological polar surface area (TPSA) is 63.7 Å². The highest BCUT2D eigenvalue weighted by atomic mass is 32.2. The van der Waals surface area contributed by atoms with Crippen LogP contribution < -0.4 is 0 Å². The van der Waals surface area contributed by atoms with E-state index in [1.54, 1.807) is 14.0 Å². The first-order valence-corrected chi connectivity index (χ1v) is 10.4. The van der Waals surface area contributed by atoms with E-state index in [4.69, 9.17) is 4.74 Å². The average molecular weight is 356 g/mol. The average Bonchev–Trinajstić information content (AvgIpc) is 2.98. The largest absolute Gasteiger partial charge is 0.377 e. The van der Waals surface area contributed by atoms with Crippen LogP contribution in [0.25, 0.3) is 0 Å². The second-order valence-electron chi connectivity index (χ2n) is 8.27. The molecule has 2 bridgehead atoms. The van der Waals surface area contributed by atoms with Gasteiger partial charge in [-0.2, -0.15) is 0 Å². The van der Waals surface area contributed by atoms with Crippen LogP contribution in [-0.2, 0) is 19.6 Å². The number of allylic oxidation sites excluding steroid dienone is 1. The van der Waals surface area contributed by atoms with Crippen molar-refractivity contribution < 1.29 is 17.9 Å². The van der Waals surface area contributed by atoms with Crippen molar-refractivity contribution in [2.75, 3.05) is 12.9 Å². The Bertz CT molecular complexity index is 669. The highest BCUT2D eigenvalue weighted by Crippen LogP contribution is 2.70. The van der Waals surface area contributed by atoms with E-state index >= 15 is 0 Å². The van der Waals surface area contributed by atoms with Crippen LogP contribution in [0.2, 0.25) is 0 Å². The number of nitrogens with zero attached hydrogens (tertiary/aromatic N) is 1. The molecule has 0 radical (unpaired) electrons. The molecule has 0 aromatic heterocycles. The SMILES string of the molecule is CC=C[C@@H](OC)[C@@H](C)C(=O)N1C2CC3CCC2(CS1(=O)=O)C3(C)C. The molecule has 3 rings (SSSR count). The zero-order chi connectivity index (χ0) is 17.9. The number of methoxy groups -OCH3 is 1. The van der Waals surface area contributed by atoms with Crippen LogP contribution in [0.4, 0.5) is 0 Å². The lowest BCUT2D eigenvalue weighted by atomic mass is 9.69. The van der Waals surface area contributed by atoms with Crippen LogP contribution in [-0.4, -0.2) is 43.6 Å². The molecule has 1 amide bonds. The number of hydrogen-bond donors (Lipinski definition) is 0. The van der Waals surface area contributed by atoms with E-state index in [-0.39, 0.29) is 28.5 Å². The van der Waals surface area contributed by atoms with E-state index in [1.807, 2.05) is 19.1 Å². The predicted octanol–water partition coefficient (Wildman–Crippen LogP) is 2.58. The summed E-state index contributed by atoms with van der Waals surface area (Å²) in [5, 5.41) is 0. The lowest BCUT2D eigenvalue weighted by Gasteiger charge is -2.37. The molecule has 0 aromatic rings. The molecule has 2 saturated carbocycles. The van der Waals surface area contributed by atoms with Gasteiger partial charge in [0.1, 0.15) is 0 Å². The smallest absolute Gasteiger partial charge is 0.242 e. The molecular formula is C18H29NO4S. The third kappa shape index (κ3) is 2.15. The van der Waals surface area contributed by atoms with Crippen molar-refractivity contribution in [3.8, 4) is 0 Å². The zero-order valence-electron chi connectivity index (χ0n) is 15.3. The molecule has 2 aliphatic carbocycles. The van der Waals surface area contributed by atoms with Crippen molar-refractivity contribution in [2.45, 2.75) is 59.1 Å². The van der Waals surface area contributed by atoms with Crippen LogP contribution in [0.3, 0.4) is 0 Å². The number of rotatable bonds is 4. The Balaban J connectivity index is 1.96. The van der Waals surface area contributed by atoms with E-state index in [0.717, 1.165) is 19.3 Å².